The summed E-state index contributed by atoms with van der Waals surface area (Å²) in [5, 5.41) is 4.69. The predicted molar refractivity (Wildman–Crippen MR) is 82.7 cm³/mol. The summed E-state index contributed by atoms with van der Waals surface area (Å²) in [5.41, 5.74) is 2.14. The van der Waals surface area contributed by atoms with Crippen LogP contribution in [0.5, 0.6) is 0 Å². The summed E-state index contributed by atoms with van der Waals surface area (Å²) in [7, 11) is 0. The largest absolute Gasteiger partial charge is 0.302 e. The third kappa shape index (κ3) is 2.91. The molecule has 0 bridgehead atoms. The van der Waals surface area contributed by atoms with E-state index in [1.807, 2.05) is 13.8 Å². The van der Waals surface area contributed by atoms with Crippen LogP contribution in [0.2, 0.25) is 0 Å². The van der Waals surface area contributed by atoms with Crippen molar-refractivity contribution in [1.82, 2.24) is 9.97 Å². The number of carbonyl (C=O) groups is 1. The zero-order valence-corrected chi connectivity index (χ0v) is 13.3. The molecule has 1 aliphatic carbocycles. The van der Waals surface area contributed by atoms with Crippen LogP contribution >= 0.6 is 22.7 Å². The number of hydrogen-bond donors (Lipinski definition) is 1. The average molecular weight is 307 g/mol. The molecule has 0 aliphatic heterocycles. The maximum Gasteiger partial charge on any atom is 0.231 e. The van der Waals surface area contributed by atoms with E-state index in [1.165, 1.54) is 23.4 Å². The topological polar surface area (TPSA) is 54.9 Å². The van der Waals surface area contributed by atoms with Crippen molar-refractivity contribution in [3.8, 4) is 0 Å². The second-order valence-corrected chi connectivity index (χ2v) is 7.43. The molecule has 106 valence electrons. The Labute approximate surface area is 126 Å². The molecule has 0 spiro atoms. The van der Waals surface area contributed by atoms with E-state index in [0.717, 1.165) is 33.6 Å². The van der Waals surface area contributed by atoms with Crippen molar-refractivity contribution in [1.29, 1.82) is 0 Å². The molecule has 2 aromatic heterocycles. The molecular weight excluding hydrogens is 290 g/mol. The first-order chi connectivity index (χ1) is 9.61. The molecule has 0 atom stereocenters. The highest BCUT2D eigenvalue weighted by Gasteiger charge is 2.17. The molecule has 0 fully saturated rings. The maximum absolute atomic E-state index is 12.1. The van der Waals surface area contributed by atoms with Crippen LogP contribution in [0.4, 0.5) is 5.13 Å². The van der Waals surface area contributed by atoms with Crippen LogP contribution in [-0.4, -0.2) is 15.9 Å². The zero-order valence-electron chi connectivity index (χ0n) is 11.7. The van der Waals surface area contributed by atoms with Gasteiger partial charge in [-0.1, -0.05) is 0 Å². The summed E-state index contributed by atoms with van der Waals surface area (Å²) in [4.78, 5) is 23.4. The van der Waals surface area contributed by atoms with Crippen molar-refractivity contribution in [2.75, 3.05) is 5.32 Å². The van der Waals surface area contributed by atoms with E-state index in [2.05, 4.69) is 15.3 Å². The molecule has 0 saturated carbocycles. The Hall–Kier alpha value is -1.27. The Bertz CT molecular complexity index is 621. The zero-order chi connectivity index (χ0) is 14.1. The van der Waals surface area contributed by atoms with Gasteiger partial charge in [0.2, 0.25) is 5.91 Å². The monoisotopic (exact) mass is 307 g/mol. The maximum atomic E-state index is 12.1. The molecule has 20 heavy (non-hydrogen) atoms. The number of amides is 1. The second-order valence-electron chi connectivity index (χ2n) is 5.06. The molecule has 2 aromatic rings. The van der Waals surface area contributed by atoms with Gasteiger partial charge in [0.15, 0.2) is 5.13 Å². The smallest absolute Gasteiger partial charge is 0.231 e. The van der Waals surface area contributed by atoms with Crippen LogP contribution in [0.1, 0.15) is 39.0 Å². The van der Waals surface area contributed by atoms with Crippen LogP contribution < -0.4 is 5.32 Å². The number of rotatable bonds is 3. The van der Waals surface area contributed by atoms with Crippen LogP contribution in [-0.2, 0) is 24.1 Å². The van der Waals surface area contributed by atoms with Crippen LogP contribution in [0.25, 0.3) is 0 Å². The molecule has 3 rings (SSSR count). The van der Waals surface area contributed by atoms with Crippen molar-refractivity contribution in [3.05, 3.63) is 26.1 Å². The number of nitrogens with one attached hydrogen (secondary N) is 1. The number of carbonyl (C=O) groups excluding carboxylic acids is 1. The summed E-state index contributed by atoms with van der Waals surface area (Å²) in [5.74, 6) is 0.00264. The SMILES string of the molecule is Cc1nc(C)c(CC(=O)Nc2nc3c(s2)CCCC3)s1. The number of aromatic nitrogens is 2. The molecule has 0 radical (unpaired) electrons. The lowest BCUT2D eigenvalue weighted by molar-refractivity contribution is -0.115. The van der Waals surface area contributed by atoms with Crippen molar-refractivity contribution >= 4 is 33.7 Å². The van der Waals surface area contributed by atoms with Gasteiger partial charge in [0.25, 0.3) is 0 Å². The van der Waals surface area contributed by atoms with Gasteiger partial charge in [-0.3, -0.25) is 4.79 Å². The number of aryl methyl sites for hydroxylation is 4. The van der Waals surface area contributed by atoms with Gasteiger partial charge < -0.3 is 5.32 Å². The minimum absolute atomic E-state index is 0.00264. The van der Waals surface area contributed by atoms with E-state index in [4.69, 9.17) is 0 Å². The van der Waals surface area contributed by atoms with Gasteiger partial charge in [-0.25, -0.2) is 9.97 Å². The number of anilines is 1. The fourth-order valence-electron chi connectivity index (χ4n) is 2.45. The van der Waals surface area contributed by atoms with Crippen LogP contribution in [0.15, 0.2) is 0 Å². The minimum Gasteiger partial charge on any atom is -0.302 e. The van der Waals surface area contributed by atoms with Gasteiger partial charge in [0.1, 0.15) is 0 Å². The first-order valence-corrected chi connectivity index (χ1v) is 8.46. The van der Waals surface area contributed by atoms with E-state index in [1.54, 1.807) is 22.7 Å². The number of fused-ring (bicyclic) bond motifs is 1. The lowest BCUT2D eigenvalue weighted by Crippen LogP contribution is -2.14. The van der Waals surface area contributed by atoms with Gasteiger partial charge >= 0.3 is 0 Å². The Balaban J connectivity index is 1.67. The lowest BCUT2D eigenvalue weighted by atomic mass is 10.0. The molecule has 0 unspecified atom stereocenters. The van der Waals surface area contributed by atoms with E-state index < -0.39 is 0 Å². The third-order valence-corrected chi connectivity index (χ3v) is 5.56. The highest BCUT2D eigenvalue weighted by Crippen LogP contribution is 2.29. The van der Waals surface area contributed by atoms with Crippen LogP contribution in [0.3, 0.4) is 0 Å². The standard InChI is InChI=1S/C14H17N3OS2/c1-8-12(19-9(2)15-8)7-13(18)17-14-16-10-5-3-4-6-11(10)20-14/h3-7H2,1-2H3,(H,16,17,18). The molecule has 1 N–H and O–H groups in total. The molecule has 0 saturated heterocycles. The molecule has 6 heteroatoms. The quantitative estimate of drug-likeness (QED) is 0.947. The van der Waals surface area contributed by atoms with Gasteiger partial charge in [-0.2, -0.15) is 0 Å². The van der Waals surface area contributed by atoms with Crippen molar-refractivity contribution < 1.29 is 4.79 Å². The van der Waals surface area contributed by atoms with Crippen LogP contribution in [0, 0.1) is 13.8 Å². The predicted octanol–water partition coefficient (Wildman–Crippen LogP) is 3.28. The van der Waals surface area contributed by atoms with Gasteiger partial charge in [-0.15, -0.1) is 22.7 Å². The van der Waals surface area contributed by atoms with E-state index in [9.17, 15) is 4.79 Å². The Morgan fingerprint density at radius 2 is 2.00 bits per heavy atom. The summed E-state index contributed by atoms with van der Waals surface area (Å²) in [6.07, 6.45) is 5.00. The van der Waals surface area contributed by atoms with E-state index >= 15 is 0 Å². The summed E-state index contributed by atoms with van der Waals surface area (Å²) in [6, 6.07) is 0. The number of hydrogen-bond acceptors (Lipinski definition) is 5. The number of nitrogens with zero attached hydrogens (tertiary/aromatic N) is 2. The Morgan fingerprint density at radius 1 is 1.20 bits per heavy atom. The molecule has 0 aromatic carbocycles. The fourth-order valence-corrected chi connectivity index (χ4v) is 4.45. The van der Waals surface area contributed by atoms with Crippen molar-refractivity contribution in [2.45, 2.75) is 46.0 Å². The van der Waals surface area contributed by atoms with Gasteiger partial charge in [-0.05, 0) is 39.5 Å². The van der Waals surface area contributed by atoms with Gasteiger partial charge in [0.05, 0.1) is 22.8 Å². The van der Waals surface area contributed by atoms with E-state index in [0.29, 0.717) is 6.42 Å². The average Bonchev–Trinajstić information content (AvgIpc) is 2.92. The van der Waals surface area contributed by atoms with Crippen molar-refractivity contribution in [3.63, 3.8) is 0 Å². The molecule has 4 nitrogen and oxygen atoms in total. The molecule has 2 heterocycles. The van der Waals surface area contributed by atoms with E-state index in [-0.39, 0.29) is 5.91 Å². The molecule has 1 amide bonds. The minimum atomic E-state index is 0.00264. The third-order valence-electron chi connectivity index (χ3n) is 3.41. The first kappa shape index (κ1) is 13.7. The number of thiazole rings is 2. The first-order valence-electron chi connectivity index (χ1n) is 6.83. The highest BCUT2D eigenvalue weighted by molar-refractivity contribution is 7.16. The normalized spacial score (nSPS) is 14.1. The van der Waals surface area contributed by atoms with Gasteiger partial charge in [0, 0.05) is 9.75 Å². The molecular formula is C14H17N3OS2. The lowest BCUT2D eigenvalue weighted by Gasteiger charge is -2.06. The summed E-state index contributed by atoms with van der Waals surface area (Å²) >= 11 is 3.22. The molecule has 1 aliphatic rings. The fraction of sp³-hybridized carbons (Fsp3) is 0.500. The Morgan fingerprint density at radius 3 is 2.70 bits per heavy atom. The highest BCUT2D eigenvalue weighted by atomic mass is 32.1. The second kappa shape index (κ2) is 5.61. The summed E-state index contributed by atoms with van der Waals surface area (Å²) in [6.45, 7) is 3.92. The van der Waals surface area contributed by atoms with Crippen molar-refractivity contribution in [2.24, 2.45) is 0 Å². The summed E-state index contributed by atoms with van der Waals surface area (Å²) < 4.78 is 0. The Kier molecular flexibility index (Phi) is 3.85.